The summed E-state index contributed by atoms with van der Waals surface area (Å²) in [5.74, 6) is -1.01. The number of halogens is 2. The lowest BCUT2D eigenvalue weighted by Crippen LogP contribution is -1.90. The van der Waals surface area contributed by atoms with Gasteiger partial charge in [0.2, 0.25) is 0 Å². The van der Waals surface area contributed by atoms with Gasteiger partial charge in [-0.1, -0.05) is 29.3 Å². The topological polar surface area (TPSA) is 50.2 Å². The van der Waals surface area contributed by atoms with E-state index in [2.05, 4.69) is 4.37 Å². The molecule has 1 N–H and O–H groups in total. The first-order chi connectivity index (χ1) is 7.59. The van der Waals surface area contributed by atoms with Gasteiger partial charge in [0, 0.05) is 5.56 Å². The summed E-state index contributed by atoms with van der Waals surface area (Å²) in [7, 11) is 0. The maximum Gasteiger partial charge on any atom is 0.347 e. The van der Waals surface area contributed by atoms with Crippen LogP contribution in [0.5, 0.6) is 0 Å². The lowest BCUT2D eigenvalue weighted by Gasteiger charge is -2.02. The molecule has 6 heteroatoms. The van der Waals surface area contributed by atoms with Gasteiger partial charge in [0.1, 0.15) is 4.88 Å². The molecular weight excluding hydrogens is 269 g/mol. The molecule has 1 heterocycles. The van der Waals surface area contributed by atoms with Gasteiger partial charge in [-0.15, -0.1) is 0 Å². The van der Waals surface area contributed by atoms with Crippen molar-refractivity contribution >= 4 is 40.7 Å². The van der Waals surface area contributed by atoms with Crippen LogP contribution in [0.1, 0.15) is 9.67 Å². The SMILES string of the molecule is O=C(O)c1cc(-c2c(Cl)cccc2Cl)ns1. The Labute approximate surface area is 105 Å². The molecule has 2 rings (SSSR count). The zero-order valence-electron chi connectivity index (χ0n) is 7.78. The summed E-state index contributed by atoms with van der Waals surface area (Å²) in [6, 6.07) is 6.55. The van der Waals surface area contributed by atoms with E-state index >= 15 is 0 Å². The fourth-order valence-corrected chi connectivity index (χ4v) is 2.41. The van der Waals surface area contributed by atoms with E-state index in [9.17, 15) is 4.79 Å². The third-order valence-corrected chi connectivity index (χ3v) is 3.35. The molecule has 1 aromatic carbocycles. The van der Waals surface area contributed by atoms with E-state index in [1.165, 1.54) is 6.07 Å². The Balaban J connectivity index is 2.54. The molecule has 1 aromatic heterocycles. The third-order valence-electron chi connectivity index (χ3n) is 1.94. The van der Waals surface area contributed by atoms with Crippen LogP contribution in [0.4, 0.5) is 0 Å². The largest absolute Gasteiger partial charge is 0.477 e. The Morgan fingerprint density at radius 2 is 1.94 bits per heavy atom. The molecule has 0 aliphatic carbocycles. The first kappa shape index (κ1) is 11.4. The molecule has 0 radical (unpaired) electrons. The van der Waals surface area contributed by atoms with Crippen LogP contribution in [0.3, 0.4) is 0 Å². The number of hydrogen-bond donors (Lipinski definition) is 1. The van der Waals surface area contributed by atoms with Crippen molar-refractivity contribution < 1.29 is 9.90 Å². The molecule has 16 heavy (non-hydrogen) atoms. The number of rotatable bonds is 2. The molecule has 0 amide bonds. The van der Waals surface area contributed by atoms with Gasteiger partial charge in [-0.25, -0.2) is 4.79 Å². The smallest absolute Gasteiger partial charge is 0.347 e. The average Bonchev–Trinajstić information content (AvgIpc) is 2.66. The van der Waals surface area contributed by atoms with Crippen molar-refractivity contribution in [1.29, 1.82) is 0 Å². The molecule has 0 bridgehead atoms. The Hall–Kier alpha value is -1.10. The molecule has 0 fully saturated rings. The highest BCUT2D eigenvalue weighted by Crippen LogP contribution is 2.34. The number of nitrogens with zero attached hydrogens (tertiary/aromatic N) is 1. The summed E-state index contributed by atoms with van der Waals surface area (Å²) >= 11 is 12.9. The lowest BCUT2D eigenvalue weighted by atomic mass is 10.1. The molecule has 0 aliphatic heterocycles. The number of hydrogen-bond acceptors (Lipinski definition) is 3. The number of benzene rings is 1. The second kappa shape index (κ2) is 4.41. The summed E-state index contributed by atoms with van der Waals surface area (Å²) in [6.45, 7) is 0. The number of carbonyl (C=O) groups is 1. The highest BCUT2D eigenvalue weighted by Gasteiger charge is 2.14. The van der Waals surface area contributed by atoms with Crippen LogP contribution in [0.25, 0.3) is 11.3 Å². The zero-order valence-corrected chi connectivity index (χ0v) is 10.1. The Bertz CT molecular complexity index is 533. The van der Waals surface area contributed by atoms with Gasteiger partial charge in [0.25, 0.3) is 0 Å². The van der Waals surface area contributed by atoms with Gasteiger partial charge in [0.05, 0.1) is 15.7 Å². The lowest BCUT2D eigenvalue weighted by molar-refractivity contribution is 0.0702. The standard InChI is InChI=1S/C10H5Cl2NO2S/c11-5-2-1-3-6(12)9(5)7-4-8(10(14)15)16-13-7/h1-4H,(H,14,15). The van der Waals surface area contributed by atoms with Crippen molar-refractivity contribution in [2.24, 2.45) is 0 Å². The minimum atomic E-state index is -1.01. The molecule has 2 aromatic rings. The predicted molar refractivity (Wildman–Crippen MR) is 64.5 cm³/mol. The summed E-state index contributed by atoms with van der Waals surface area (Å²) in [5.41, 5.74) is 1.05. The quantitative estimate of drug-likeness (QED) is 0.905. The van der Waals surface area contributed by atoms with E-state index in [0.717, 1.165) is 11.5 Å². The molecule has 0 atom stereocenters. The molecule has 0 saturated carbocycles. The molecule has 0 aliphatic rings. The van der Waals surface area contributed by atoms with Crippen molar-refractivity contribution in [3.63, 3.8) is 0 Å². The van der Waals surface area contributed by atoms with Crippen LogP contribution in [0.2, 0.25) is 10.0 Å². The molecule has 0 unspecified atom stereocenters. The summed E-state index contributed by atoms with van der Waals surface area (Å²) in [5, 5.41) is 9.70. The highest BCUT2D eigenvalue weighted by molar-refractivity contribution is 7.08. The second-order valence-electron chi connectivity index (χ2n) is 2.98. The summed E-state index contributed by atoms with van der Waals surface area (Å²) in [6.07, 6.45) is 0. The van der Waals surface area contributed by atoms with E-state index in [4.69, 9.17) is 28.3 Å². The first-order valence-electron chi connectivity index (χ1n) is 4.24. The molecule has 0 saturated heterocycles. The zero-order chi connectivity index (χ0) is 11.7. The minimum absolute atomic E-state index is 0.158. The number of carboxylic acid groups (broad SMARTS) is 1. The average molecular weight is 274 g/mol. The maximum atomic E-state index is 10.7. The van der Waals surface area contributed by atoms with E-state index in [0.29, 0.717) is 21.3 Å². The van der Waals surface area contributed by atoms with Crippen molar-refractivity contribution in [3.8, 4) is 11.3 Å². The Kier molecular flexibility index (Phi) is 3.14. The first-order valence-corrected chi connectivity index (χ1v) is 5.77. The third kappa shape index (κ3) is 2.04. The van der Waals surface area contributed by atoms with Crippen LogP contribution in [0.15, 0.2) is 24.3 Å². The summed E-state index contributed by atoms with van der Waals surface area (Å²) in [4.78, 5) is 10.9. The van der Waals surface area contributed by atoms with E-state index < -0.39 is 5.97 Å². The van der Waals surface area contributed by atoms with Gasteiger partial charge in [0.15, 0.2) is 0 Å². The van der Waals surface area contributed by atoms with Crippen molar-refractivity contribution in [2.45, 2.75) is 0 Å². The van der Waals surface area contributed by atoms with Crippen LogP contribution < -0.4 is 0 Å². The van der Waals surface area contributed by atoms with Gasteiger partial charge >= 0.3 is 5.97 Å². The minimum Gasteiger partial charge on any atom is -0.477 e. The van der Waals surface area contributed by atoms with Crippen LogP contribution in [0, 0.1) is 0 Å². The monoisotopic (exact) mass is 273 g/mol. The number of aromatic carboxylic acids is 1. The second-order valence-corrected chi connectivity index (χ2v) is 4.60. The fourth-order valence-electron chi connectivity index (χ4n) is 1.24. The van der Waals surface area contributed by atoms with Gasteiger partial charge in [-0.3, -0.25) is 0 Å². The van der Waals surface area contributed by atoms with Gasteiger partial charge in [-0.05, 0) is 29.7 Å². The molecule has 3 nitrogen and oxygen atoms in total. The maximum absolute atomic E-state index is 10.7. The van der Waals surface area contributed by atoms with Crippen LogP contribution >= 0.6 is 34.7 Å². The van der Waals surface area contributed by atoms with Crippen LogP contribution in [-0.2, 0) is 0 Å². The molecular formula is C10H5Cl2NO2S. The van der Waals surface area contributed by atoms with Crippen molar-refractivity contribution in [3.05, 3.63) is 39.2 Å². The highest BCUT2D eigenvalue weighted by atomic mass is 35.5. The molecule has 82 valence electrons. The van der Waals surface area contributed by atoms with E-state index in [1.54, 1.807) is 18.2 Å². The van der Waals surface area contributed by atoms with Crippen molar-refractivity contribution in [1.82, 2.24) is 4.37 Å². The normalized spacial score (nSPS) is 10.4. The number of carboxylic acids is 1. The number of aromatic nitrogens is 1. The van der Waals surface area contributed by atoms with Gasteiger partial charge < -0.3 is 5.11 Å². The van der Waals surface area contributed by atoms with Crippen molar-refractivity contribution in [2.75, 3.05) is 0 Å². The Morgan fingerprint density at radius 1 is 1.31 bits per heavy atom. The molecule has 0 spiro atoms. The Morgan fingerprint density at radius 3 is 2.44 bits per heavy atom. The van der Waals surface area contributed by atoms with E-state index in [-0.39, 0.29) is 4.88 Å². The van der Waals surface area contributed by atoms with Crippen LogP contribution in [-0.4, -0.2) is 15.4 Å². The van der Waals surface area contributed by atoms with Gasteiger partial charge in [-0.2, -0.15) is 4.37 Å². The fraction of sp³-hybridized carbons (Fsp3) is 0. The predicted octanol–water partition coefficient (Wildman–Crippen LogP) is 3.82. The summed E-state index contributed by atoms with van der Waals surface area (Å²) < 4.78 is 4.02. The van der Waals surface area contributed by atoms with E-state index in [1.807, 2.05) is 0 Å².